The van der Waals surface area contributed by atoms with Gasteiger partial charge in [-0.25, -0.2) is 4.98 Å². The number of rotatable bonds is 4. The third-order valence-corrected chi connectivity index (χ3v) is 3.51. The molecule has 1 saturated heterocycles. The van der Waals surface area contributed by atoms with Gasteiger partial charge in [-0.15, -0.1) is 0 Å². The SMILES string of the molecule is CCCC(=O)Nc1ccc(N2CCCC(C)C2)cn1. The van der Waals surface area contributed by atoms with E-state index >= 15 is 0 Å². The van der Waals surface area contributed by atoms with E-state index in [1.165, 1.54) is 12.8 Å². The molecule has 1 N–H and O–H groups in total. The van der Waals surface area contributed by atoms with Crippen molar-refractivity contribution < 1.29 is 4.79 Å². The molecule has 1 aliphatic rings. The Bertz CT molecular complexity index is 416. The molecule has 1 aromatic rings. The lowest BCUT2D eigenvalue weighted by Gasteiger charge is -2.32. The fourth-order valence-electron chi connectivity index (χ4n) is 2.50. The molecule has 1 amide bonds. The first-order chi connectivity index (χ1) is 9.19. The van der Waals surface area contributed by atoms with Crippen molar-refractivity contribution in [1.82, 2.24) is 4.98 Å². The first-order valence-corrected chi connectivity index (χ1v) is 7.20. The van der Waals surface area contributed by atoms with E-state index in [4.69, 9.17) is 0 Å². The van der Waals surface area contributed by atoms with Gasteiger partial charge in [-0.05, 0) is 37.3 Å². The van der Waals surface area contributed by atoms with Crippen LogP contribution in [0.2, 0.25) is 0 Å². The van der Waals surface area contributed by atoms with Crippen molar-refractivity contribution in [2.24, 2.45) is 5.92 Å². The topological polar surface area (TPSA) is 45.2 Å². The maximum absolute atomic E-state index is 11.5. The van der Waals surface area contributed by atoms with E-state index in [1.807, 2.05) is 25.3 Å². The minimum absolute atomic E-state index is 0.0364. The second-order valence-corrected chi connectivity index (χ2v) is 5.39. The molecule has 1 aliphatic heterocycles. The second kappa shape index (κ2) is 6.55. The van der Waals surface area contributed by atoms with E-state index in [0.717, 1.165) is 31.1 Å². The summed E-state index contributed by atoms with van der Waals surface area (Å²) in [6, 6.07) is 3.94. The van der Waals surface area contributed by atoms with Gasteiger partial charge in [-0.1, -0.05) is 13.8 Å². The van der Waals surface area contributed by atoms with Crippen LogP contribution in [0.15, 0.2) is 18.3 Å². The summed E-state index contributed by atoms with van der Waals surface area (Å²) in [6.07, 6.45) is 5.83. The molecule has 0 aliphatic carbocycles. The smallest absolute Gasteiger partial charge is 0.225 e. The molecule has 1 aromatic heterocycles. The Morgan fingerprint density at radius 3 is 3.00 bits per heavy atom. The fraction of sp³-hybridized carbons (Fsp3) is 0.600. The van der Waals surface area contributed by atoms with Crippen molar-refractivity contribution in [2.45, 2.75) is 39.5 Å². The quantitative estimate of drug-likeness (QED) is 0.906. The van der Waals surface area contributed by atoms with Gasteiger partial charge >= 0.3 is 0 Å². The number of carbonyl (C=O) groups excluding carboxylic acids is 1. The van der Waals surface area contributed by atoms with Gasteiger partial charge in [0.15, 0.2) is 0 Å². The maximum atomic E-state index is 11.5. The van der Waals surface area contributed by atoms with Crippen molar-refractivity contribution in [3.63, 3.8) is 0 Å². The number of amides is 1. The van der Waals surface area contributed by atoms with Gasteiger partial charge in [0.1, 0.15) is 5.82 Å². The number of pyridine rings is 1. The number of hydrogen-bond acceptors (Lipinski definition) is 3. The third kappa shape index (κ3) is 3.94. The van der Waals surface area contributed by atoms with Gasteiger partial charge in [0.25, 0.3) is 0 Å². The predicted octanol–water partition coefficient (Wildman–Crippen LogP) is 3.06. The lowest BCUT2D eigenvalue weighted by Crippen LogP contribution is -2.34. The molecule has 19 heavy (non-hydrogen) atoms. The van der Waals surface area contributed by atoms with Gasteiger partial charge in [0.2, 0.25) is 5.91 Å². The van der Waals surface area contributed by atoms with Crippen molar-refractivity contribution in [3.05, 3.63) is 18.3 Å². The Morgan fingerprint density at radius 2 is 2.37 bits per heavy atom. The predicted molar refractivity (Wildman–Crippen MR) is 78.4 cm³/mol. The lowest BCUT2D eigenvalue weighted by atomic mass is 10.00. The minimum atomic E-state index is 0.0364. The molecule has 0 aromatic carbocycles. The number of carbonyl (C=O) groups is 1. The zero-order chi connectivity index (χ0) is 13.7. The van der Waals surface area contributed by atoms with Gasteiger partial charge in [-0.2, -0.15) is 0 Å². The van der Waals surface area contributed by atoms with Crippen molar-refractivity contribution >= 4 is 17.4 Å². The molecule has 1 atom stereocenters. The van der Waals surface area contributed by atoms with Crippen LogP contribution < -0.4 is 10.2 Å². The van der Waals surface area contributed by atoms with Crippen molar-refractivity contribution in [3.8, 4) is 0 Å². The van der Waals surface area contributed by atoms with Gasteiger partial charge in [-0.3, -0.25) is 4.79 Å². The lowest BCUT2D eigenvalue weighted by molar-refractivity contribution is -0.116. The molecule has 4 nitrogen and oxygen atoms in total. The summed E-state index contributed by atoms with van der Waals surface area (Å²) in [5.41, 5.74) is 1.15. The monoisotopic (exact) mass is 261 g/mol. The standard InChI is InChI=1S/C15H23N3O/c1-3-5-15(19)17-14-8-7-13(10-16-14)18-9-4-6-12(2)11-18/h7-8,10,12H,3-6,9,11H2,1-2H3,(H,16,17,19). The van der Waals surface area contributed by atoms with Crippen molar-refractivity contribution in [2.75, 3.05) is 23.3 Å². The Labute approximate surface area is 115 Å². The Kier molecular flexibility index (Phi) is 4.77. The fourth-order valence-corrected chi connectivity index (χ4v) is 2.50. The molecule has 104 valence electrons. The average Bonchev–Trinajstić information content (AvgIpc) is 2.40. The molecular formula is C15H23N3O. The summed E-state index contributed by atoms with van der Waals surface area (Å²) in [5, 5.41) is 2.81. The Morgan fingerprint density at radius 1 is 1.53 bits per heavy atom. The average molecular weight is 261 g/mol. The van der Waals surface area contributed by atoms with Crippen LogP contribution in [0.25, 0.3) is 0 Å². The Balaban J connectivity index is 1.96. The van der Waals surface area contributed by atoms with E-state index in [2.05, 4.69) is 22.1 Å². The van der Waals surface area contributed by atoms with Crippen molar-refractivity contribution in [1.29, 1.82) is 0 Å². The highest BCUT2D eigenvalue weighted by atomic mass is 16.1. The van der Waals surface area contributed by atoms with Crippen LogP contribution in [-0.4, -0.2) is 24.0 Å². The second-order valence-electron chi connectivity index (χ2n) is 5.39. The first kappa shape index (κ1) is 13.8. The minimum Gasteiger partial charge on any atom is -0.370 e. The molecular weight excluding hydrogens is 238 g/mol. The van der Waals surface area contributed by atoms with E-state index in [-0.39, 0.29) is 5.91 Å². The highest BCUT2D eigenvalue weighted by Gasteiger charge is 2.16. The summed E-state index contributed by atoms with van der Waals surface area (Å²) < 4.78 is 0. The van der Waals surface area contributed by atoms with Crippen LogP contribution in [0.4, 0.5) is 11.5 Å². The molecule has 1 unspecified atom stereocenters. The van der Waals surface area contributed by atoms with E-state index in [0.29, 0.717) is 12.2 Å². The summed E-state index contributed by atoms with van der Waals surface area (Å²) in [5.74, 6) is 1.43. The van der Waals surface area contributed by atoms with Gasteiger partial charge in [0, 0.05) is 19.5 Å². The summed E-state index contributed by atoms with van der Waals surface area (Å²) in [4.78, 5) is 18.2. The highest BCUT2D eigenvalue weighted by molar-refractivity contribution is 5.89. The number of hydrogen-bond donors (Lipinski definition) is 1. The van der Waals surface area contributed by atoms with Gasteiger partial charge in [0.05, 0.1) is 11.9 Å². The number of aromatic nitrogens is 1. The molecule has 0 saturated carbocycles. The molecule has 1 fully saturated rings. The number of anilines is 2. The zero-order valence-corrected chi connectivity index (χ0v) is 11.9. The molecule has 2 heterocycles. The van der Waals surface area contributed by atoms with Crippen LogP contribution in [0.3, 0.4) is 0 Å². The highest BCUT2D eigenvalue weighted by Crippen LogP contribution is 2.22. The molecule has 4 heteroatoms. The summed E-state index contributed by atoms with van der Waals surface area (Å²) in [7, 11) is 0. The van der Waals surface area contributed by atoms with Crippen LogP contribution in [-0.2, 0) is 4.79 Å². The summed E-state index contributed by atoms with van der Waals surface area (Å²) in [6.45, 7) is 6.49. The van der Waals surface area contributed by atoms with E-state index in [9.17, 15) is 4.79 Å². The normalized spacial score (nSPS) is 19.3. The van der Waals surface area contributed by atoms with E-state index < -0.39 is 0 Å². The largest absolute Gasteiger partial charge is 0.370 e. The van der Waals surface area contributed by atoms with Crippen LogP contribution >= 0.6 is 0 Å². The van der Waals surface area contributed by atoms with Crippen LogP contribution in [0, 0.1) is 5.92 Å². The molecule has 0 spiro atoms. The molecule has 0 bridgehead atoms. The molecule has 0 radical (unpaired) electrons. The Hall–Kier alpha value is -1.58. The maximum Gasteiger partial charge on any atom is 0.225 e. The number of nitrogens with zero attached hydrogens (tertiary/aromatic N) is 2. The van der Waals surface area contributed by atoms with Crippen LogP contribution in [0.5, 0.6) is 0 Å². The van der Waals surface area contributed by atoms with E-state index in [1.54, 1.807) is 0 Å². The third-order valence-electron chi connectivity index (χ3n) is 3.51. The number of piperidine rings is 1. The van der Waals surface area contributed by atoms with Gasteiger partial charge < -0.3 is 10.2 Å². The molecule has 2 rings (SSSR count). The zero-order valence-electron chi connectivity index (χ0n) is 11.9. The number of nitrogens with one attached hydrogen (secondary N) is 1. The first-order valence-electron chi connectivity index (χ1n) is 7.20. The summed E-state index contributed by atoms with van der Waals surface area (Å²) >= 11 is 0. The van der Waals surface area contributed by atoms with Crippen LogP contribution in [0.1, 0.15) is 39.5 Å².